The van der Waals surface area contributed by atoms with Crippen LogP contribution >= 0.6 is 34.5 Å². The number of hydrogen-bond acceptors (Lipinski definition) is 4. The van der Waals surface area contributed by atoms with Crippen molar-refractivity contribution in [2.45, 2.75) is 39.2 Å². The van der Waals surface area contributed by atoms with Crippen molar-refractivity contribution in [3.8, 4) is 0 Å². The van der Waals surface area contributed by atoms with Gasteiger partial charge in [-0.05, 0) is 33.3 Å². The van der Waals surface area contributed by atoms with Crippen molar-refractivity contribution in [2.75, 3.05) is 13.6 Å². The Morgan fingerprint density at radius 1 is 1.33 bits per heavy atom. The highest BCUT2D eigenvalue weighted by Gasteiger charge is 2.19. The summed E-state index contributed by atoms with van der Waals surface area (Å²) < 4.78 is 6.06. The van der Waals surface area contributed by atoms with Crippen LogP contribution in [0.4, 0.5) is 0 Å². The van der Waals surface area contributed by atoms with Crippen molar-refractivity contribution in [2.24, 2.45) is 0 Å². The number of rotatable bonds is 5. The molecule has 0 N–H and O–H groups in total. The van der Waals surface area contributed by atoms with E-state index >= 15 is 0 Å². The molecule has 0 radical (unpaired) electrons. The number of hydrogen-bond donors (Lipinski definition) is 0. The van der Waals surface area contributed by atoms with Gasteiger partial charge < -0.3 is 9.64 Å². The van der Waals surface area contributed by atoms with E-state index in [1.54, 1.807) is 13.1 Å². The van der Waals surface area contributed by atoms with Gasteiger partial charge in [0, 0.05) is 20.0 Å². The van der Waals surface area contributed by atoms with Crippen LogP contribution in [0.1, 0.15) is 44.0 Å². The molecule has 0 aliphatic carbocycles. The summed E-state index contributed by atoms with van der Waals surface area (Å²) in [5, 5.41) is 0. The van der Waals surface area contributed by atoms with Crippen LogP contribution in [-0.4, -0.2) is 36.0 Å². The molecule has 0 fully saturated rings. The molecule has 0 atom stereocenters. The zero-order chi connectivity index (χ0) is 16.2. The molecule has 1 aromatic rings. The molecule has 0 aliphatic rings. The molecule has 4 nitrogen and oxygen atoms in total. The smallest absolute Gasteiger partial charge is 0.306 e. The molecule has 7 heteroatoms. The average molecular weight is 352 g/mol. The molecule has 0 aromatic carbocycles. The van der Waals surface area contributed by atoms with E-state index in [1.165, 1.54) is 4.90 Å². The third kappa shape index (κ3) is 6.24. The van der Waals surface area contributed by atoms with Crippen LogP contribution in [0, 0.1) is 0 Å². The summed E-state index contributed by atoms with van der Waals surface area (Å²) in [5.41, 5.74) is -0.0915. The molecule has 0 bridgehead atoms. The monoisotopic (exact) mass is 351 g/mol. The molecule has 0 saturated heterocycles. The lowest BCUT2D eigenvalue weighted by Gasteiger charge is -2.20. The predicted molar refractivity (Wildman–Crippen MR) is 86.4 cm³/mol. The Morgan fingerprint density at radius 2 is 1.95 bits per heavy atom. The van der Waals surface area contributed by atoms with E-state index in [0.29, 0.717) is 27.2 Å². The van der Waals surface area contributed by atoms with Crippen LogP contribution < -0.4 is 0 Å². The topological polar surface area (TPSA) is 46.6 Å². The number of nitrogens with zero attached hydrogens (tertiary/aromatic N) is 1. The fraction of sp³-hybridized carbons (Fsp3) is 0.571. The predicted octanol–water partition coefficient (Wildman–Crippen LogP) is 4.25. The summed E-state index contributed by atoms with van der Waals surface area (Å²) in [6.45, 7) is 5.91. The van der Waals surface area contributed by atoms with E-state index in [2.05, 4.69) is 0 Å². The van der Waals surface area contributed by atoms with Gasteiger partial charge in [0.1, 0.15) is 9.94 Å². The molecule has 1 rings (SSSR count). The molecule has 0 spiro atoms. The van der Waals surface area contributed by atoms with Crippen LogP contribution in [0.25, 0.3) is 0 Å². The van der Waals surface area contributed by atoms with Gasteiger partial charge in [0.2, 0.25) is 0 Å². The van der Waals surface area contributed by atoms with Crippen molar-refractivity contribution in [3.05, 3.63) is 20.3 Å². The minimum Gasteiger partial charge on any atom is -0.460 e. The number of thiophene rings is 1. The highest BCUT2D eigenvalue weighted by atomic mass is 35.5. The number of carbonyl (C=O) groups is 2. The molecular formula is C14H19Cl2NO3S. The minimum atomic E-state index is -0.486. The third-order valence-electron chi connectivity index (χ3n) is 2.53. The summed E-state index contributed by atoms with van der Waals surface area (Å²) in [6, 6.07) is 1.56. The first kappa shape index (κ1) is 18.3. The fourth-order valence-corrected chi connectivity index (χ4v) is 3.09. The van der Waals surface area contributed by atoms with Crippen LogP contribution in [0.2, 0.25) is 8.67 Å². The first-order chi connectivity index (χ1) is 9.60. The van der Waals surface area contributed by atoms with Gasteiger partial charge in [0.05, 0.1) is 9.90 Å². The second-order valence-corrected chi connectivity index (χ2v) is 7.94. The Labute approximate surface area is 139 Å². The lowest BCUT2D eigenvalue weighted by Crippen LogP contribution is -2.29. The van der Waals surface area contributed by atoms with Gasteiger partial charge in [-0.25, -0.2) is 0 Å². The lowest BCUT2D eigenvalue weighted by atomic mass is 10.2. The molecule has 21 heavy (non-hydrogen) atoms. The molecule has 118 valence electrons. The second-order valence-electron chi connectivity index (χ2n) is 5.65. The zero-order valence-electron chi connectivity index (χ0n) is 12.5. The Kier molecular flexibility index (Phi) is 6.50. The molecule has 1 aromatic heterocycles. The number of halogens is 2. The molecule has 0 unspecified atom stereocenters. The highest BCUT2D eigenvalue weighted by molar-refractivity contribution is 7.20. The van der Waals surface area contributed by atoms with Gasteiger partial charge in [-0.3, -0.25) is 9.59 Å². The van der Waals surface area contributed by atoms with Crippen LogP contribution in [-0.2, 0) is 9.53 Å². The molecule has 1 amide bonds. The summed E-state index contributed by atoms with van der Waals surface area (Å²) in [4.78, 5) is 25.3. The average Bonchev–Trinajstić information content (AvgIpc) is 2.65. The maximum absolute atomic E-state index is 12.2. The third-order valence-corrected chi connectivity index (χ3v) is 4.02. The molecular weight excluding hydrogens is 333 g/mol. The Bertz CT molecular complexity index is 523. The second kappa shape index (κ2) is 7.47. The SMILES string of the molecule is CN(CCCC(=O)OC(C)(C)C)C(=O)c1cc(Cl)sc1Cl. The van der Waals surface area contributed by atoms with Gasteiger partial charge in [0.25, 0.3) is 5.91 Å². The van der Waals surface area contributed by atoms with E-state index < -0.39 is 5.60 Å². The maximum Gasteiger partial charge on any atom is 0.306 e. The standard InChI is InChI=1S/C14H19Cl2NO3S/c1-14(2,3)20-11(18)6-5-7-17(4)13(19)9-8-10(15)21-12(9)16/h8H,5-7H2,1-4H3. The van der Waals surface area contributed by atoms with E-state index in [4.69, 9.17) is 27.9 Å². The summed E-state index contributed by atoms with van der Waals surface area (Å²) in [7, 11) is 1.67. The van der Waals surface area contributed by atoms with Gasteiger partial charge in [-0.15, -0.1) is 11.3 Å². The number of carbonyl (C=O) groups excluding carboxylic acids is 2. The minimum absolute atomic E-state index is 0.202. The first-order valence-corrected chi connectivity index (χ1v) is 8.09. The van der Waals surface area contributed by atoms with Crippen molar-refractivity contribution in [3.63, 3.8) is 0 Å². The highest BCUT2D eigenvalue weighted by Crippen LogP contribution is 2.31. The summed E-state index contributed by atoms with van der Waals surface area (Å²) >= 11 is 12.9. The van der Waals surface area contributed by atoms with E-state index in [1.807, 2.05) is 20.8 Å². The summed E-state index contributed by atoms with van der Waals surface area (Å²) in [6.07, 6.45) is 0.805. The van der Waals surface area contributed by atoms with Crippen molar-refractivity contribution >= 4 is 46.4 Å². The zero-order valence-corrected chi connectivity index (χ0v) is 14.9. The normalized spacial score (nSPS) is 11.3. The largest absolute Gasteiger partial charge is 0.460 e. The molecule has 0 saturated carbocycles. The Balaban J connectivity index is 2.44. The van der Waals surface area contributed by atoms with Gasteiger partial charge in [-0.2, -0.15) is 0 Å². The summed E-state index contributed by atoms with van der Waals surface area (Å²) in [5.74, 6) is -0.465. The molecule has 1 heterocycles. The van der Waals surface area contributed by atoms with Crippen LogP contribution in [0.5, 0.6) is 0 Å². The van der Waals surface area contributed by atoms with E-state index in [-0.39, 0.29) is 18.3 Å². The Hall–Kier alpha value is -0.780. The lowest BCUT2D eigenvalue weighted by molar-refractivity contribution is -0.154. The number of ether oxygens (including phenoxy) is 1. The number of amides is 1. The van der Waals surface area contributed by atoms with Gasteiger partial charge in [-0.1, -0.05) is 23.2 Å². The van der Waals surface area contributed by atoms with Crippen molar-refractivity contribution in [1.82, 2.24) is 4.90 Å². The molecule has 0 aliphatic heterocycles. The van der Waals surface area contributed by atoms with Crippen molar-refractivity contribution in [1.29, 1.82) is 0 Å². The van der Waals surface area contributed by atoms with E-state index in [9.17, 15) is 9.59 Å². The first-order valence-electron chi connectivity index (χ1n) is 6.52. The van der Waals surface area contributed by atoms with E-state index in [0.717, 1.165) is 11.3 Å². The maximum atomic E-state index is 12.2. The van der Waals surface area contributed by atoms with Gasteiger partial charge >= 0.3 is 5.97 Å². The quantitative estimate of drug-likeness (QED) is 0.745. The number of esters is 1. The van der Waals surface area contributed by atoms with Crippen LogP contribution in [0.15, 0.2) is 6.07 Å². The van der Waals surface area contributed by atoms with Crippen molar-refractivity contribution < 1.29 is 14.3 Å². The fourth-order valence-electron chi connectivity index (χ4n) is 1.65. The Morgan fingerprint density at radius 3 is 2.43 bits per heavy atom. The van der Waals surface area contributed by atoms with Crippen LogP contribution in [0.3, 0.4) is 0 Å². The van der Waals surface area contributed by atoms with Gasteiger partial charge in [0.15, 0.2) is 0 Å².